The van der Waals surface area contributed by atoms with Gasteiger partial charge in [0.1, 0.15) is 6.10 Å². The van der Waals surface area contributed by atoms with Crippen LogP contribution in [0.25, 0.3) is 0 Å². The third kappa shape index (κ3) is 2.20. The molecule has 0 saturated heterocycles. The van der Waals surface area contributed by atoms with Crippen LogP contribution in [0.1, 0.15) is 0 Å². The number of aliphatic hydroxyl groups is 3. The first kappa shape index (κ1) is 7.80. The minimum absolute atomic E-state index is 0.651. The quantitative estimate of drug-likeness (QED) is 0.201. The molecule has 5 nitrogen and oxygen atoms in total. The van der Waals surface area contributed by atoms with Crippen molar-refractivity contribution in [2.24, 2.45) is 0 Å². The molecule has 2 unspecified atom stereocenters. The monoisotopic (exact) mass is 124 g/mol. The standard InChI is InChI=1S/C3H8O5/c4-1-2(5)3(6)8-7/h2-7H,1H2. The van der Waals surface area contributed by atoms with Gasteiger partial charge in [-0.2, -0.15) is 0 Å². The Morgan fingerprint density at radius 2 is 1.88 bits per heavy atom. The first-order valence-corrected chi connectivity index (χ1v) is 1.99. The summed E-state index contributed by atoms with van der Waals surface area (Å²) in [4.78, 5) is 3.25. The molecule has 5 heteroatoms. The van der Waals surface area contributed by atoms with Crippen LogP contribution in [0, 0.1) is 0 Å². The highest BCUT2D eigenvalue weighted by Gasteiger charge is 2.14. The second kappa shape index (κ2) is 3.76. The third-order valence-electron chi connectivity index (χ3n) is 0.624. The first-order valence-electron chi connectivity index (χ1n) is 1.99. The lowest BCUT2D eigenvalue weighted by Gasteiger charge is -2.09. The summed E-state index contributed by atoms with van der Waals surface area (Å²) in [5, 5.41) is 32.2. The maximum atomic E-state index is 8.34. The highest BCUT2D eigenvalue weighted by molar-refractivity contribution is 4.51. The second-order valence-corrected chi connectivity index (χ2v) is 1.25. The van der Waals surface area contributed by atoms with Crippen molar-refractivity contribution >= 4 is 0 Å². The van der Waals surface area contributed by atoms with Crippen molar-refractivity contribution in [3.05, 3.63) is 0 Å². The Labute approximate surface area is 45.7 Å². The van der Waals surface area contributed by atoms with Gasteiger partial charge in [-0.3, -0.25) is 0 Å². The zero-order valence-corrected chi connectivity index (χ0v) is 4.06. The van der Waals surface area contributed by atoms with Crippen molar-refractivity contribution in [3.63, 3.8) is 0 Å². The Morgan fingerprint density at radius 3 is 2.00 bits per heavy atom. The normalized spacial score (nSPS) is 18.0. The molecule has 0 aromatic carbocycles. The predicted molar refractivity (Wildman–Crippen MR) is 22.8 cm³/mol. The average molecular weight is 124 g/mol. The van der Waals surface area contributed by atoms with Crippen LogP contribution >= 0.6 is 0 Å². The van der Waals surface area contributed by atoms with Gasteiger partial charge in [0.05, 0.1) is 6.61 Å². The molecule has 0 bridgehead atoms. The van der Waals surface area contributed by atoms with E-state index in [-0.39, 0.29) is 0 Å². The van der Waals surface area contributed by atoms with Crippen LogP contribution in [0.3, 0.4) is 0 Å². The van der Waals surface area contributed by atoms with E-state index in [1.54, 1.807) is 0 Å². The van der Waals surface area contributed by atoms with Crippen LogP contribution < -0.4 is 0 Å². The van der Waals surface area contributed by atoms with Gasteiger partial charge in [0.25, 0.3) is 0 Å². The molecule has 0 radical (unpaired) electrons. The fraction of sp³-hybridized carbons (Fsp3) is 1.00. The number of hydrogen-bond acceptors (Lipinski definition) is 5. The molecule has 50 valence electrons. The summed E-state index contributed by atoms with van der Waals surface area (Å²) in [7, 11) is 0. The SMILES string of the molecule is OCC(O)C(O)OO. The van der Waals surface area contributed by atoms with Crippen LogP contribution in [-0.4, -0.2) is 39.6 Å². The van der Waals surface area contributed by atoms with Crippen LogP contribution in [0.4, 0.5) is 0 Å². The van der Waals surface area contributed by atoms with Crippen molar-refractivity contribution in [2.45, 2.75) is 12.4 Å². The van der Waals surface area contributed by atoms with Crippen molar-refractivity contribution in [3.8, 4) is 0 Å². The van der Waals surface area contributed by atoms with Gasteiger partial charge in [-0.25, -0.2) is 10.1 Å². The third-order valence-corrected chi connectivity index (χ3v) is 0.624. The molecule has 8 heavy (non-hydrogen) atoms. The number of hydrogen-bond donors (Lipinski definition) is 4. The van der Waals surface area contributed by atoms with E-state index in [4.69, 9.17) is 20.6 Å². The van der Waals surface area contributed by atoms with E-state index in [1.807, 2.05) is 0 Å². The molecule has 0 aromatic heterocycles. The molecule has 0 fully saturated rings. The van der Waals surface area contributed by atoms with Crippen LogP contribution in [0.2, 0.25) is 0 Å². The Bertz CT molecular complexity index is 47.6. The van der Waals surface area contributed by atoms with Crippen LogP contribution in [0.5, 0.6) is 0 Å². The topological polar surface area (TPSA) is 90.2 Å². The van der Waals surface area contributed by atoms with Crippen molar-refractivity contribution in [2.75, 3.05) is 6.61 Å². The lowest BCUT2D eigenvalue weighted by Crippen LogP contribution is -2.30. The fourth-order valence-corrected chi connectivity index (χ4v) is 0.160. The van der Waals surface area contributed by atoms with E-state index in [9.17, 15) is 0 Å². The summed E-state index contributed by atoms with van der Waals surface area (Å²) in [6.45, 7) is -0.651. The zero-order chi connectivity index (χ0) is 6.57. The highest BCUT2D eigenvalue weighted by Crippen LogP contribution is 1.90. The molecule has 0 saturated carbocycles. The maximum absolute atomic E-state index is 8.34. The molecule has 0 aliphatic carbocycles. The summed E-state index contributed by atoms with van der Waals surface area (Å²) >= 11 is 0. The molecule has 0 aliphatic rings. The molecule has 0 amide bonds. The minimum Gasteiger partial charge on any atom is -0.393 e. The van der Waals surface area contributed by atoms with Gasteiger partial charge in [0, 0.05) is 0 Å². The molecule has 0 aromatic rings. The fourth-order valence-electron chi connectivity index (χ4n) is 0.160. The van der Waals surface area contributed by atoms with E-state index in [0.717, 1.165) is 0 Å². The Kier molecular flexibility index (Phi) is 3.67. The summed E-state index contributed by atoms with van der Waals surface area (Å²) in [5.74, 6) is 0. The Balaban J connectivity index is 3.29. The average Bonchev–Trinajstić information content (AvgIpc) is 1.84. The van der Waals surface area contributed by atoms with Crippen LogP contribution in [-0.2, 0) is 4.89 Å². The van der Waals surface area contributed by atoms with E-state index in [0.29, 0.717) is 0 Å². The summed E-state index contributed by atoms with van der Waals surface area (Å²) in [6.07, 6.45) is -3.17. The molecule has 0 heterocycles. The molecule has 0 spiro atoms. The number of rotatable bonds is 3. The van der Waals surface area contributed by atoms with Gasteiger partial charge in [-0.1, -0.05) is 0 Å². The maximum Gasteiger partial charge on any atom is 0.217 e. The van der Waals surface area contributed by atoms with Crippen molar-refractivity contribution < 1.29 is 25.5 Å². The zero-order valence-electron chi connectivity index (χ0n) is 4.06. The summed E-state index contributed by atoms with van der Waals surface area (Å²) < 4.78 is 0. The molecular formula is C3H8O5. The molecule has 2 atom stereocenters. The highest BCUT2D eigenvalue weighted by atomic mass is 17.1. The van der Waals surface area contributed by atoms with Gasteiger partial charge in [0.15, 0.2) is 0 Å². The molecule has 0 aliphatic heterocycles. The smallest absolute Gasteiger partial charge is 0.217 e. The van der Waals surface area contributed by atoms with Gasteiger partial charge in [0.2, 0.25) is 6.29 Å². The minimum atomic E-state index is -1.72. The molecular weight excluding hydrogens is 116 g/mol. The Morgan fingerprint density at radius 1 is 1.38 bits per heavy atom. The van der Waals surface area contributed by atoms with E-state index in [1.165, 1.54) is 0 Å². The van der Waals surface area contributed by atoms with Crippen molar-refractivity contribution in [1.82, 2.24) is 0 Å². The van der Waals surface area contributed by atoms with Gasteiger partial charge in [-0.05, 0) is 0 Å². The van der Waals surface area contributed by atoms with Gasteiger partial charge in [-0.15, -0.1) is 0 Å². The molecule has 4 N–H and O–H groups in total. The molecule has 0 rings (SSSR count). The van der Waals surface area contributed by atoms with Crippen molar-refractivity contribution in [1.29, 1.82) is 0 Å². The van der Waals surface area contributed by atoms with Gasteiger partial charge < -0.3 is 15.3 Å². The van der Waals surface area contributed by atoms with Gasteiger partial charge >= 0.3 is 0 Å². The largest absolute Gasteiger partial charge is 0.393 e. The Hall–Kier alpha value is -0.200. The van der Waals surface area contributed by atoms with E-state index in [2.05, 4.69) is 4.89 Å². The second-order valence-electron chi connectivity index (χ2n) is 1.25. The summed E-state index contributed by atoms with van der Waals surface area (Å²) in [5.41, 5.74) is 0. The number of aliphatic hydroxyl groups excluding tert-OH is 3. The van der Waals surface area contributed by atoms with E-state index < -0.39 is 19.0 Å². The lowest BCUT2D eigenvalue weighted by atomic mass is 10.4. The summed E-state index contributed by atoms with van der Waals surface area (Å²) in [6, 6.07) is 0. The van der Waals surface area contributed by atoms with Crippen LogP contribution in [0.15, 0.2) is 0 Å². The first-order chi connectivity index (χ1) is 3.72. The predicted octanol–water partition coefficient (Wildman–Crippen LogP) is -1.85. The lowest BCUT2D eigenvalue weighted by molar-refractivity contribution is -0.356. The van der Waals surface area contributed by atoms with E-state index >= 15 is 0 Å².